The van der Waals surface area contributed by atoms with Gasteiger partial charge in [-0.05, 0) is 17.7 Å². The summed E-state index contributed by atoms with van der Waals surface area (Å²) in [5.74, 6) is 0.515. The Hall–Kier alpha value is -2.04. The van der Waals surface area contributed by atoms with E-state index in [9.17, 15) is 4.79 Å². The number of phenolic OH excluding ortho intramolecular Hbond substituents is 1. The predicted molar refractivity (Wildman–Crippen MR) is 59.1 cm³/mol. The SMILES string of the molecule is C[N+]1=C(N)NC(=O)[C@@H]1Cc1ccc(O)cc1. The van der Waals surface area contributed by atoms with Gasteiger partial charge in [0, 0.05) is 6.42 Å². The van der Waals surface area contributed by atoms with Gasteiger partial charge in [-0.2, -0.15) is 0 Å². The van der Waals surface area contributed by atoms with Gasteiger partial charge in [0.2, 0.25) is 0 Å². The molecule has 84 valence electrons. The minimum Gasteiger partial charge on any atom is -0.508 e. The third-order valence-electron chi connectivity index (χ3n) is 2.77. The number of phenols is 1. The summed E-state index contributed by atoms with van der Waals surface area (Å²) in [6, 6.07) is 6.53. The van der Waals surface area contributed by atoms with Gasteiger partial charge in [-0.25, -0.2) is 5.32 Å². The van der Waals surface area contributed by atoms with E-state index in [1.807, 2.05) is 0 Å². The third-order valence-corrected chi connectivity index (χ3v) is 2.77. The number of nitrogens with one attached hydrogen (secondary N) is 1. The van der Waals surface area contributed by atoms with E-state index in [4.69, 9.17) is 10.8 Å². The maximum atomic E-state index is 11.6. The van der Waals surface area contributed by atoms with E-state index < -0.39 is 0 Å². The monoisotopic (exact) mass is 220 g/mol. The molecule has 2 rings (SSSR count). The fourth-order valence-electron chi connectivity index (χ4n) is 1.73. The van der Waals surface area contributed by atoms with E-state index in [1.165, 1.54) is 0 Å². The molecule has 0 spiro atoms. The molecular weight excluding hydrogens is 206 g/mol. The third kappa shape index (κ3) is 1.84. The standard InChI is InChI=1S/C11H13N3O2/c1-14-9(10(16)13-11(14)12)6-7-2-4-8(15)5-3-7/h2-5,9H,6H2,1H3,(H3,12,13,15,16)/p+1/t9-/m0/s1. The largest absolute Gasteiger partial charge is 0.508 e. The Labute approximate surface area is 93.2 Å². The molecule has 5 nitrogen and oxygen atoms in total. The van der Waals surface area contributed by atoms with Crippen molar-refractivity contribution in [2.24, 2.45) is 5.73 Å². The summed E-state index contributed by atoms with van der Waals surface area (Å²) in [6.07, 6.45) is 0.573. The molecular formula is C11H14N3O2+. The molecule has 0 bridgehead atoms. The number of nitrogens with zero attached hydrogens (tertiary/aromatic N) is 1. The van der Waals surface area contributed by atoms with Crippen molar-refractivity contribution in [1.82, 2.24) is 5.32 Å². The summed E-state index contributed by atoms with van der Waals surface area (Å²) in [5, 5.41) is 11.7. The number of likely N-dealkylation sites (N-methyl/N-ethyl adjacent to an activating group) is 1. The second-order valence-electron chi connectivity index (χ2n) is 3.87. The maximum Gasteiger partial charge on any atom is 0.351 e. The van der Waals surface area contributed by atoms with Gasteiger partial charge >= 0.3 is 11.9 Å². The first kappa shape index (κ1) is 10.5. The van der Waals surface area contributed by atoms with Crippen LogP contribution in [0.25, 0.3) is 0 Å². The van der Waals surface area contributed by atoms with Gasteiger partial charge in [-0.3, -0.25) is 15.1 Å². The summed E-state index contributed by atoms with van der Waals surface area (Å²) in [7, 11) is 1.78. The Morgan fingerprint density at radius 3 is 2.56 bits per heavy atom. The van der Waals surface area contributed by atoms with E-state index in [2.05, 4.69) is 5.32 Å². The minimum atomic E-state index is -0.274. The zero-order valence-electron chi connectivity index (χ0n) is 8.97. The Morgan fingerprint density at radius 2 is 2.06 bits per heavy atom. The molecule has 1 aromatic carbocycles. The molecule has 16 heavy (non-hydrogen) atoms. The Balaban J connectivity index is 2.16. The molecule has 5 heteroatoms. The van der Waals surface area contributed by atoms with Crippen LogP contribution in [0.5, 0.6) is 5.75 Å². The van der Waals surface area contributed by atoms with Gasteiger partial charge in [-0.1, -0.05) is 12.1 Å². The highest BCUT2D eigenvalue weighted by molar-refractivity contribution is 5.99. The van der Waals surface area contributed by atoms with Crippen LogP contribution >= 0.6 is 0 Å². The van der Waals surface area contributed by atoms with Crippen molar-refractivity contribution in [2.45, 2.75) is 12.5 Å². The summed E-state index contributed by atoms with van der Waals surface area (Å²) in [4.78, 5) is 11.6. The van der Waals surface area contributed by atoms with Gasteiger partial charge in [-0.15, -0.1) is 0 Å². The Morgan fingerprint density at radius 1 is 1.44 bits per heavy atom. The van der Waals surface area contributed by atoms with Crippen molar-refractivity contribution in [1.29, 1.82) is 0 Å². The van der Waals surface area contributed by atoms with Crippen molar-refractivity contribution >= 4 is 11.9 Å². The molecule has 0 unspecified atom stereocenters. The van der Waals surface area contributed by atoms with Gasteiger partial charge in [0.05, 0.1) is 7.05 Å². The highest BCUT2D eigenvalue weighted by Gasteiger charge is 2.34. The predicted octanol–water partition coefficient (Wildman–Crippen LogP) is -0.610. The molecule has 0 fully saturated rings. The lowest BCUT2D eigenvalue weighted by atomic mass is 10.1. The fraction of sp³-hybridized carbons (Fsp3) is 0.273. The molecule has 0 saturated carbocycles. The lowest BCUT2D eigenvalue weighted by Crippen LogP contribution is -2.33. The lowest BCUT2D eigenvalue weighted by molar-refractivity contribution is -0.518. The van der Waals surface area contributed by atoms with E-state index in [0.717, 1.165) is 5.56 Å². The zero-order valence-corrected chi connectivity index (χ0v) is 8.97. The quantitative estimate of drug-likeness (QED) is 0.582. The van der Waals surface area contributed by atoms with Crippen LogP contribution < -0.4 is 11.1 Å². The maximum absolute atomic E-state index is 11.6. The van der Waals surface area contributed by atoms with Crippen LogP contribution in [0, 0.1) is 0 Å². The van der Waals surface area contributed by atoms with E-state index in [-0.39, 0.29) is 17.7 Å². The summed E-state index contributed by atoms with van der Waals surface area (Å²) >= 11 is 0. The molecule has 1 aromatic rings. The smallest absolute Gasteiger partial charge is 0.351 e. The number of aromatic hydroxyl groups is 1. The summed E-state index contributed by atoms with van der Waals surface area (Å²) < 4.78 is 1.72. The highest BCUT2D eigenvalue weighted by atomic mass is 16.3. The average molecular weight is 220 g/mol. The number of carbonyl (C=O) groups is 1. The Bertz CT molecular complexity index is 451. The minimum absolute atomic E-state index is 0.0897. The average Bonchev–Trinajstić information content (AvgIpc) is 2.48. The number of nitrogens with two attached hydrogens (primary N) is 1. The molecule has 0 aromatic heterocycles. The number of guanidine groups is 1. The first-order chi connectivity index (χ1) is 7.58. The van der Waals surface area contributed by atoms with Crippen LogP contribution in [-0.4, -0.2) is 34.6 Å². The molecule has 0 radical (unpaired) electrons. The molecule has 1 amide bonds. The second kappa shape index (κ2) is 3.84. The number of hydrogen-bond acceptors (Lipinski definition) is 3. The molecule has 1 aliphatic rings. The normalized spacial score (nSPS) is 20.1. The molecule has 0 aliphatic carbocycles. The van der Waals surface area contributed by atoms with Crippen molar-refractivity contribution in [3.05, 3.63) is 29.8 Å². The number of benzene rings is 1. The lowest BCUT2D eigenvalue weighted by Gasteiger charge is -2.07. The topological polar surface area (TPSA) is 78.4 Å². The van der Waals surface area contributed by atoms with Crippen LogP contribution in [0.1, 0.15) is 5.56 Å². The van der Waals surface area contributed by atoms with Gasteiger partial charge in [0.25, 0.3) is 0 Å². The Kier molecular flexibility index (Phi) is 2.52. The number of carbonyl (C=O) groups excluding carboxylic acids is 1. The van der Waals surface area contributed by atoms with E-state index in [1.54, 1.807) is 35.9 Å². The number of rotatable bonds is 2. The van der Waals surface area contributed by atoms with Crippen LogP contribution in [0.2, 0.25) is 0 Å². The first-order valence-corrected chi connectivity index (χ1v) is 5.02. The fourth-order valence-corrected chi connectivity index (χ4v) is 1.73. The molecule has 4 N–H and O–H groups in total. The second-order valence-corrected chi connectivity index (χ2v) is 3.87. The van der Waals surface area contributed by atoms with E-state index >= 15 is 0 Å². The van der Waals surface area contributed by atoms with Gasteiger partial charge in [0.1, 0.15) is 5.75 Å². The summed E-state index contributed by atoms with van der Waals surface area (Å²) in [6.45, 7) is 0. The van der Waals surface area contributed by atoms with Crippen LogP contribution in [0.4, 0.5) is 0 Å². The zero-order chi connectivity index (χ0) is 11.7. The van der Waals surface area contributed by atoms with Crippen LogP contribution in [0.15, 0.2) is 24.3 Å². The van der Waals surface area contributed by atoms with Gasteiger partial charge < -0.3 is 5.11 Å². The van der Waals surface area contributed by atoms with Crippen molar-refractivity contribution in [2.75, 3.05) is 7.05 Å². The van der Waals surface area contributed by atoms with Gasteiger partial charge in [0.15, 0.2) is 6.04 Å². The summed E-state index contributed by atoms with van der Waals surface area (Å²) in [5.41, 5.74) is 6.59. The molecule has 0 saturated heterocycles. The van der Waals surface area contributed by atoms with Crippen molar-refractivity contribution < 1.29 is 14.5 Å². The van der Waals surface area contributed by atoms with E-state index in [0.29, 0.717) is 12.4 Å². The molecule has 1 heterocycles. The van der Waals surface area contributed by atoms with Crippen LogP contribution in [0.3, 0.4) is 0 Å². The number of hydrogen-bond donors (Lipinski definition) is 3. The molecule has 1 aliphatic heterocycles. The number of amides is 1. The van der Waals surface area contributed by atoms with Crippen LogP contribution in [-0.2, 0) is 11.2 Å². The van der Waals surface area contributed by atoms with Crippen molar-refractivity contribution in [3.63, 3.8) is 0 Å². The highest BCUT2D eigenvalue weighted by Crippen LogP contribution is 2.13. The first-order valence-electron chi connectivity index (χ1n) is 5.02. The molecule has 1 atom stereocenters. The van der Waals surface area contributed by atoms with Crippen molar-refractivity contribution in [3.8, 4) is 5.75 Å².